The summed E-state index contributed by atoms with van der Waals surface area (Å²) in [4.78, 5) is 13.7. The van der Waals surface area contributed by atoms with Gasteiger partial charge in [-0.2, -0.15) is 8.75 Å². The largest absolute Gasteiger partial charge is 0.389 e. The molecule has 0 saturated carbocycles. The van der Waals surface area contributed by atoms with Crippen LogP contribution in [0.15, 0.2) is 47.9 Å². The zero-order valence-corrected chi connectivity index (χ0v) is 12.7. The molecule has 0 unspecified atom stereocenters. The molecule has 22 heavy (non-hydrogen) atoms. The van der Waals surface area contributed by atoms with Crippen molar-refractivity contribution in [2.24, 2.45) is 5.16 Å². The SMILES string of the molecule is Cc1nsnc1-c1cccnc1/C=N\OCc1ccccn1. The third-order valence-corrected chi connectivity index (χ3v) is 3.55. The van der Waals surface area contributed by atoms with Gasteiger partial charge in [-0.05, 0) is 31.2 Å². The summed E-state index contributed by atoms with van der Waals surface area (Å²) in [5.41, 5.74) is 4.10. The molecule has 0 bridgehead atoms. The number of hydrogen-bond donors (Lipinski definition) is 0. The molecular weight excluding hydrogens is 298 g/mol. The van der Waals surface area contributed by atoms with E-state index < -0.39 is 0 Å². The van der Waals surface area contributed by atoms with Crippen LogP contribution in [0.5, 0.6) is 0 Å². The van der Waals surface area contributed by atoms with Crippen LogP contribution in [0.4, 0.5) is 0 Å². The van der Waals surface area contributed by atoms with E-state index in [-0.39, 0.29) is 0 Å². The first-order valence-corrected chi connectivity index (χ1v) is 7.37. The van der Waals surface area contributed by atoms with Gasteiger partial charge in [0.1, 0.15) is 5.69 Å². The van der Waals surface area contributed by atoms with Crippen LogP contribution in [0.2, 0.25) is 0 Å². The highest BCUT2D eigenvalue weighted by molar-refractivity contribution is 6.99. The Bertz CT molecular complexity index is 772. The fourth-order valence-corrected chi connectivity index (χ4v) is 2.43. The van der Waals surface area contributed by atoms with Gasteiger partial charge in [0.2, 0.25) is 0 Å². The zero-order chi connectivity index (χ0) is 15.2. The third-order valence-electron chi connectivity index (χ3n) is 2.93. The standard InChI is InChI=1S/C15H13N5OS/c1-11-15(20-22-19-11)13-6-4-8-17-14(13)9-18-21-10-12-5-2-3-7-16-12/h2-9H,10H2,1H3/b18-9-. The molecule has 0 aromatic carbocycles. The number of pyridine rings is 2. The summed E-state index contributed by atoms with van der Waals surface area (Å²) >= 11 is 1.18. The minimum absolute atomic E-state index is 0.316. The molecule has 3 rings (SSSR count). The van der Waals surface area contributed by atoms with Crippen LogP contribution in [0.25, 0.3) is 11.3 Å². The molecule has 0 fully saturated rings. The third kappa shape index (κ3) is 3.32. The van der Waals surface area contributed by atoms with Crippen molar-refractivity contribution < 1.29 is 4.84 Å². The van der Waals surface area contributed by atoms with Crippen molar-refractivity contribution in [1.29, 1.82) is 0 Å². The number of aryl methyl sites for hydroxylation is 1. The van der Waals surface area contributed by atoms with E-state index in [1.165, 1.54) is 11.7 Å². The number of rotatable bonds is 5. The topological polar surface area (TPSA) is 73.2 Å². The highest BCUT2D eigenvalue weighted by Crippen LogP contribution is 2.22. The van der Waals surface area contributed by atoms with Crippen molar-refractivity contribution in [2.45, 2.75) is 13.5 Å². The number of hydrogen-bond acceptors (Lipinski definition) is 7. The zero-order valence-electron chi connectivity index (χ0n) is 11.9. The molecule has 0 atom stereocenters. The Labute approximate surface area is 131 Å². The summed E-state index contributed by atoms with van der Waals surface area (Å²) in [6.45, 7) is 2.24. The van der Waals surface area contributed by atoms with Gasteiger partial charge in [0.05, 0.1) is 35.0 Å². The highest BCUT2D eigenvalue weighted by atomic mass is 32.1. The summed E-state index contributed by atoms with van der Waals surface area (Å²) in [7, 11) is 0. The summed E-state index contributed by atoms with van der Waals surface area (Å²) in [6.07, 6.45) is 5.01. The molecule has 0 spiro atoms. The number of oxime groups is 1. The van der Waals surface area contributed by atoms with Crippen LogP contribution < -0.4 is 0 Å². The molecular formula is C15H13N5OS. The van der Waals surface area contributed by atoms with E-state index in [1.807, 2.05) is 37.3 Å². The summed E-state index contributed by atoms with van der Waals surface area (Å²) in [6, 6.07) is 9.45. The minimum Gasteiger partial charge on any atom is -0.389 e. The van der Waals surface area contributed by atoms with E-state index in [4.69, 9.17) is 4.84 Å². The van der Waals surface area contributed by atoms with Crippen LogP contribution in [0.3, 0.4) is 0 Å². The predicted octanol–water partition coefficient (Wildman–Crippen LogP) is 2.85. The highest BCUT2D eigenvalue weighted by Gasteiger charge is 2.10. The molecule has 3 aromatic rings. The van der Waals surface area contributed by atoms with Crippen molar-refractivity contribution in [3.05, 3.63) is 59.8 Å². The van der Waals surface area contributed by atoms with Gasteiger partial charge >= 0.3 is 0 Å². The van der Waals surface area contributed by atoms with Crippen molar-refractivity contribution in [1.82, 2.24) is 18.7 Å². The Hall–Kier alpha value is -2.67. The quantitative estimate of drug-likeness (QED) is 0.535. The van der Waals surface area contributed by atoms with Crippen LogP contribution in [0.1, 0.15) is 17.1 Å². The van der Waals surface area contributed by atoms with Gasteiger partial charge in [-0.3, -0.25) is 9.97 Å². The lowest BCUT2D eigenvalue weighted by Gasteiger charge is -2.02. The Kier molecular flexibility index (Phi) is 4.45. The van der Waals surface area contributed by atoms with E-state index in [0.29, 0.717) is 12.3 Å². The maximum Gasteiger partial charge on any atom is 0.159 e. The number of nitrogens with zero attached hydrogens (tertiary/aromatic N) is 5. The second-order valence-electron chi connectivity index (χ2n) is 4.46. The molecule has 0 aliphatic carbocycles. The first-order chi connectivity index (χ1) is 10.8. The van der Waals surface area contributed by atoms with E-state index >= 15 is 0 Å². The smallest absolute Gasteiger partial charge is 0.159 e. The Morgan fingerprint density at radius 1 is 1.14 bits per heavy atom. The normalized spacial score (nSPS) is 11.0. The Balaban J connectivity index is 1.73. The second-order valence-corrected chi connectivity index (χ2v) is 4.99. The van der Waals surface area contributed by atoms with E-state index in [9.17, 15) is 0 Å². The lowest BCUT2D eigenvalue weighted by atomic mass is 10.1. The van der Waals surface area contributed by atoms with Crippen LogP contribution >= 0.6 is 11.7 Å². The van der Waals surface area contributed by atoms with E-state index in [1.54, 1.807) is 18.6 Å². The summed E-state index contributed by atoms with van der Waals surface area (Å²) in [5.74, 6) is 0. The fraction of sp³-hybridized carbons (Fsp3) is 0.133. The lowest BCUT2D eigenvalue weighted by Crippen LogP contribution is -1.95. The molecule has 0 radical (unpaired) electrons. The van der Waals surface area contributed by atoms with Gasteiger partial charge < -0.3 is 4.84 Å². The monoisotopic (exact) mass is 311 g/mol. The van der Waals surface area contributed by atoms with Gasteiger partial charge in [0.25, 0.3) is 0 Å². The van der Waals surface area contributed by atoms with Gasteiger partial charge in [0, 0.05) is 18.0 Å². The molecule has 3 aromatic heterocycles. The molecule has 7 heteroatoms. The first kappa shape index (κ1) is 14.3. The molecule has 0 saturated heterocycles. The van der Waals surface area contributed by atoms with Crippen molar-refractivity contribution >= 4 is 17.9 Å². The second kappa shape index (κ2) is 6.86. The van der Waals surface area contributed by atoms with E-state index in [0.717, 1.165) is 22.6 Å². The maximum atomic E-state index is 5.26. The average Bonchev–Trinajstić information content (AvgIpc) is 2.99. The molecule has 110 valence electrons. The lowest BCUT2D eigenvalue weighted by molar-refractivity contribution is 0.129. The van der Waals surface area contributed by atoms with Crippen molar-refractivity contribution in [3.63, 3.8) is 0 Å². The molecule has 0 aliphatic heterocycles. The summed E-state index contributed by atoms with van der Waals surface area (Å²) in [5, 5.41) is 3.96. The molecule has 0 aliphatic rings. The van der Waals surface area contributed by atoms with Gasteiger partial charge in [-0.25, -0.2) is 0 Å². The van der Waals surface area contributed by atoms with E-state index in [2.05, 4.69) is 23.9 Å². The summed E-state index contributed by atoms with van der Waals surface area (Å²) < 4.78 is 8.49. The van der Waals surface area contributed by atoms with Crippen molar-refractivity contribution in [2.75, 3.05) is 0 Å². The Morgan fingerprint density at radius 3 is 2.82 bits per heavy atom. The predicted molar refractivity (Wildman–Crippen MR) is 84.5 cm³/mol. The molecule has 6 nitrogen and oxygen atoms in total. The van der Waals surface area contributed by atoms with Crippen LogP contribution in [-0.2, 0) is 11.4 Å². The molecule has 3 heterocycles. The molecule has 0 N–H and O–H groups in total. The van der Waals surface area contributed by atoms with Gasteiger partial charge in [-0.15, -0.1) is 0 Å². The van der Waals surface area contributed by atoms with Crippen LogP contribution in [0, 0.1) is 6.92 Å². The first-order valence-electron chi connectivity index (χ1n) is 6.64. The Morgan fingerprint density at radius 2 is 2.05 bits per heavy atom. The van der Waals surface area contributed by atoms with Gasteiger partial charge in [0.15, 0.2) is 6.61 Å². The maximum absolute atomic E-state index is 5.26. The average molecular weight is 311 g/mol. The van der Waals surface area contributed by atoms with Gasteiger partial charge in [-0.1, -0.05) is 11.2 Å². The van der Waals surface area contributed by atoms with Crippen LogP contribution in [-0.4, -0.2) is 24.9 Å². The fourth-order valence-electron chi connectivity index (χ4n) is 1.87. The minimum atomic E-state index is 0.316. The molecule has 0 amide bonds. The van der Waals surface area contributed by atoms with Crippen molar-refractivity contribution in [3.8, 4) is 11.3 Å². The number of aromatic nitrogens is 4.